The Morgan fingerprint density at radius 2 is 2.09 bits per heavy atom. The first-order valence-electron chi connectivity index (χ1n) is 6.86. The normalized spacial score (nSPS) is 11.0. The summed E-state index contributed by atoms with van der Waals surface area (Å²) in [6.45, 7) is 7.88. The third kappa shape index (κ3) is 5.28. The molecule has 0 N–H and O–H groups in total. The standard InChI is InChI=1S/C18H22O4/c1-5-9-15-16(10-7-11-17(15)20-4)18(22-6-2)12-8-13-21-14-19-3/h5-7,10-11,18H,1-2,9,13-14H2,3-4H3/t18-/m0/s1. The zero-order valence-electron chi connectivity index (χ0n) is 13.1. The second-order valence-electron chi connectivity index (χ2n) is 4.28. The molecule has 4 heteroatoms. The maximum Gasteiger partial charge on any atom is 0.183 e. The first-order chi connectivity index (χ1) is 10.8. The number of hydrogen-bond acceptors (Lipinski definition) is 4. The van der Waals surface area contributed by atoms with Crippen molar-refractivity contribution in [3.63, 3.8) is 0 Å². The van der Waals surface area contributed by atoms with Crippen LogP contribution in [0.3, 0.4) is 0 Å². The molecule has 0 fully saturated rings. The van der Waals surface area contributed by atoms with Crippen molar-refractivity contribution in [3.8, 4) is 17.6 Å². The van der Waals surface area contributed by atoms with E-state index in [9.17, 15) is 0 Å². The largest absolute Gasteiger partial charge is 0.496 e. The highest BCUT2D eigenvalue weighted by Gasteiger charge is 2.16. The summed E-state index contributed by atoms with van der Waals surface area (Å²) in [6, 6.07) is 5.77. The molecule has 0 aliphatic rings. The molecule has 1 rings (SSSR count). The van der Waals surface area contributed by atoms with Crippen LogP contribution in [-0.2, 0) is 20.6 Å². The molecular weight excluding hydrogens is 280 g/mol. The number of benzene rings is 1. The van der Waals surface area contributed by atoms with E-state index in [1.54, 1.807) is 14.2 Å². The molecule has 4 nitrogen and oxygen atoms in total. The van der Waals surface area contributed by atoms with Crippen LogP contribution in [0.25, 0.3) is 0 Å². The lowest BCUT2D eigenvalue weighted by molar-refractivity contribution is -0.0167. The number of hydrogen-bond donors (Lipinski definition) is 0. The van der Waals surface area contributed by atoms with Crippen LogP contribution in [-0.4, -0.2) is 27.6 Å². The quantitative estimate of drug-likeness (QED) is 0.231. The third-order valence-corrected chi connectivity index (χ3v) is 2.86. The van der Waals surface area contributed by atoms with E-state index in [0.717, 1.165) is 16.9 Å². The van der Waals surface area contributed by atoms with Gasteiger partial charge in [0.2, 0.25) is 0 Å². The molecule has 0 amide bonds. The number of ether oxygens (including phenoxy) is 4. The molecule has 0 spiro atoms. The molecule has 22 heavy (non-hydrogen) atoms. The lowest BCUT2D eigenvalue weighted by Crippen LogP contribution is -2.05. The van der Waals surface area contributed by atoms with Gasteiger partial charge in [0.1, 0.15) is 19.1 Å². The average molecular weight is 302 g/mol. The van der Waals surface area contributed by atoms with Crippen LogP contribution in [0, 0.1) is 11.8 Å². The zero-order chi connectivity index (χ0) is 16.2. The molecule has 0 aromatic heterocycles. The summed E-state index contributed by atoms with van der Waals surface area (Å²) in [5.41, 5.74) is 1.93. The molecule has 1 aromatic rings. The minimum absolute atomic E-state index is 0.211. The third-order valence-electron chi connectivity index (χ3n) is 2.86. The molecule has 1 atom stereocenters. The van der Waals surface area contributed by atoms with Crippen LogP contribution >= 0.6 is 0 Å². The summed E-state index contributed by atoms with van der Waals surface area (Å²) in [5.74, 6) is 6.74. The summed E-state index contributed by atoms with van der Waals surface area (Å²) in [5, 5.41) is 0. The molecule has 0 saturated heterocycles. The van der Waals surface area contributed by atoms with E-state index in [2.05, 4.69) is 25.0 Å². The van der Waals surface area contributed by atoms with E-state index < -0.39 is 6.10 Å². The Kier molecular flexibility index (Phi) is 8.51. The number of allylic oxidation sites excluding steroid dienone is 1. The predicted molar refractivity (Wildman–Crippen MR) is 86.5 cm³/mol. The van der Waals surface area contributed by atoms with Crippen molar-refractivity contribution in [2.45, 2.75) is 12.5 Å². The fourth-order valence-electron chi connectivity index (χ4n) is 1.97. The molecule has 0 bridgehead atoms. The molecule has 118 valence electrons. The van der Waals surface area contributed by atoms with Crippen molar-refractivity contribution in [3.05, 3.63) is 54.8 Å². The van der Waals surface area contributed by atoms with Gasteiger partial charge in [-0.2, -0.15) is 0 Å². The van der Waals surface area contributed by atoms with E-state index in [1.807, 2.05) is 24.3 Å². The Hall–Kier alpha value is -2.22. The van der Waals surface area contributed by atoms with Gasteiger partial charge in [0.25, 0.3) is 0 Å². The van der Waals surface area contributed by atoms with Crippen molar-refractivity contribution >= 4 is 0 Å². The summed E-state index contributed by atoms with van der Waals surface area (Å²) in [4.78, 5) is 0. The highest BCUT2D eigenvalue weighted by atomic mass is 16.7. The van der Waals surface area contributed by atoms with Crippen molar-refractivity contribution < 1.29 is 18.9 Å². The van der Waals surface area contributed by atoms with Gasteiger partial charge in [0.15, 0.2) is 6.10 Å². The van der Waals surface area contributed by atoms with Gasteiger partial charge in [-0.05, 0) is 12.5 Å². The lowest BCUT2D eigenvalue weighted by atomic mass is 9.98. The Morgan fingerprint density at radius 3 is 2.73 bits per heavy atom. The van der Waals surface area contributed by atoms with Crippen LogP contribution < -0.4 is 4.74 Å². The Labute approximate surface area is 132 Å². The van der Waals surface area contributed by atoms with E-state index in [-0.39, 0.29) is 13.4 Å². The highest BCUT2D eigenvalue weighted by molar-refractivity contribution is 5.45. The van der Waals surface area contributed by atoms with E-state index >= 15 is 0 Å². The maximum absolute atomic E-state index is 5.53. The zero-order valence-corrected chi connectivity index (χ0v) is 13.1. The van der Waals surface area contributed by atoms with Crippen molar-refractivity contribution in [1.29, 1.82) is 0 Å². The van der Waals surface area contributed by atoms with Crippen molar-refractivity contribution in [1.82, 2.24) is 0 Å². The molecule has 0 aliphatic carbocycles. The summed E-state index contributed by atoms with van der Waals surface area (Å²) in [7, 11) is 3.20. The van der Waals surface area contributed by atoms with Crippen LogP contribution in [0.5, 0.6) is 5.75 Å². The SMILES string of the molecule is C=CCc1c(OC)cccc1[C@H](C#CCOCOC)OC=C. The minimum Gasteiger partial charge on any atom is -0.496 e. The van der Waals surface area contributed by atoms with Crippen LogP contribution in [0.15, 0.2) is 43.7 Å². The molecule has 0 unspecified atom stereocenters. The second kappa shape index (κ2) is 10.5. The highest BCUT2D eigenvalue weighted by Crippen LogP contribution is 2.29. The lowest BCUT2D eigenvalue weighted by Gasteiger charge is -2.17. The molecule has 0 saturated carbocycles. The minimum atomic E-state index is -0.436. The summed E-state index contributed by atoms with van der Waals surface area (Å²) < 4.78 is 20.9. The summed E-state index contributed by atoms with van der Waals surface area (Å²) >= 11 is 0. The fourth-order valence-corrected chi connectivity index (χ4v) is 1.97. The fraction of sp³-hybridized carbons (Fsp3) is 0.333. The molecule has 0 aliphatic heterocycles. The molecule has 0 heterocycles. The van der Waals surface area contributed by atoms with E-state index in [0.29, 0.717) is 6.42 Å². The monoisotopic (exact) mass is 302 g/mol. The van der Waals surface area contributed by atoms with Gasteiger partial charge in [-0.25, -0.2) is 0 Å². The topological polar surface area (TPSA) is 36.9 Å². The van der Waals surface area contributed by atoms with Gasteiger partial charge in [-0.15, -0.1) is 6.58 Å². The average Bonchev–Trinajstić information content (AvgIpc) is 2.54. The molecule has 1 aromatic carbocycles. The van der Waals surface area contributed by atoms with E-state index in [4.69, 9.17) is 18.9 Å². The van der Waals surface area contributed by atoms with Gasteiger partial charge in [0.05, 0.1) is 13.4 Å². The Balaban J connectivity index is 3.04. The molecule has 0 radical (unpaired) electrons. The Bertz CT molecular complexity index is 540. The van der Waals surface area contributed by atoms with Gasteiger partial charge < -0.3 is 18.9 Å². The van der Waals surface area contributed by atoms with Crippen LogP contribution in [0.2, 0.25) is 0 Å². The number of rotatable bonds is 9. The van der Waals surface area contributed by atoms with Gasteiger partial charge in [0, 0.05) is 18.2 Å². The summed E-state index contributed by atoms with van der Waals surface area (Å²) in [6.07, 6.45) is 3.43. The van der Waals surface area contributed by atoms with Gasteiger partial charge >= 0.3 is 0 Å². The Morgan fingerprint density at radius 1 is 1.27 bits per heavy atom. The number of methoxy groups -OCH3 is 2. The first kappa shape index (κ1) is 17.8. The van der Waals surface area contributed by atoms with Crippen LogP contribution in [0.1, 0.15) is 17.2 Å². The van der Waals surface area contributed by atoms with Crippen molar-refractivity contribution in [2.75, 3.05) is 27.6 Å². The smallest absolute Gasteiger partial charge is 0.183 e. The van der Waals surface area contributed by atoms with Gasteiger partial charge in [-0.3, -0.25) is 0 Å². The van der Waals surface area contributed by atoms with Crippen LogP contribution in [0.4, 0.5) is 0 Å². The first-order valence-corrected chi connectivity index (χ1v) is 6.86. The van der Waals surface area contributed by atoms with Crippen molar-refractivity contribution in [2.24, 2.45) is 0 Å². The van der Waals surface area contributed by atoms with E-state index in [1.165, 1.54) is 6.26 Å². The van der Waals surface area contributed by atoms with Gasteiger partial charge in [-0.1, -0.05) is 36.6 Å². The second-order valence-corrected chi connectivity index (χ2v) is 4.28. The predicted octanol–water partition coefficient (Wildman–Crippen LogP) is 3.25. The molecular formula is C18H22O4. The maximum atomic E-state index is 5.53.